The first-order valence-corrected chi connectivity index (χ1v) is 26.1. The molecule has 0 unspecified atom stereocenters. The summed E-state index contributed by atoms with van der Waals surface area (Å²) in [5.74, 6) is -1.20. The first-order valence-electron chi connectivity index (χ1n) is 26.1. The summed E-state index contributed by atoms with van der Waals surface area (Å²) in [5, 5.41) is 0. The summed E-state index contributed by atoms with van der Waals surface area (Å²) in [6.45, 7) is 0. The van der Waals surface area contributed by atoms with E-state index in [1.807, 2.05) is 191 Å². The van der Waals surface area contributed by atoms with Crippen molar-refractivity contribution >= 4 is 125 Å². The molecule has 0 spiro atoms. The van der Waals surface area contributed by atoms with E-state index in [1.54, 1.807) is 60.7 Å². The Kier molecular flexibility index (Phi) is 15.4. The van der Waals surface area contributed by atoms with E-state index in [-0.39, 0.29) is 56.3 Å². The molecule has 0 atom stereocenters. The maximum absolute atomic E-state index is 13.0. The highest BCUT2D eigenvalue weighted by molar-refractivity contribution is 5.93. The van der Waals surface area contributed by atoms with E-state index < -0.39 is 11.9 Å². The van der Waals surface area contributed by atoms with Crippen molar-refractivity contribution in [3.05, 3.63) is 193 Å². The first-order chi connectivity index (χ1) is 40.7. The van der Waals surface area contributed by atoms with Gasteiger partial charge in [0.15, 0.2) is 0 Å². The van der Waals surface area contributed by atoms with Gasteiger partial charge in [-0.3, -0.25) is 0 Å². The van der Waals surface area contributed by atoms with Crippen LogP contribution in [0.2, 0.25) is 0 Å². The monoisotopic (exact) mass is 1120 g/mol. The highest BCUT2D eigenvalue weighted by Gasteiger charge is 2.10. The van der Waals surface area contributed by atoms with Gasteiger partial charge >= 0.3 is 11.9 Å². The Hall–Kier alpha value is -11.4. The van der Waals surface area contributed by atoms with Gasteiger partial charge in [0, 0.05) is 78.7 Å². The molecule has 420 valence electrons. The van der Waals surface area contributed by atoms with Gasteiger partial charge in [0.25, 0.3) is 0 Å². The fourth-order valence-corrected chi connectivity index (χ4v) is 8.77. The lowest BCUT2D eigenvalue weighted by molar-refractivity contribution is 0.0592. The number of hydrogen-bond donors (Lipinski definition) is 0. The molecule has 11 aromatic rings. The maximum atomic E-state index is 13.0. The van der Waals surface area contributed by atoms with Gasteiger partial charge in [0.05, 0.1) is 25.3 Å². The van der Waals surface area contributed by atoms with Gasteiger partial charge in [-0.25, -0.2) is 29.5 Å². The summed E-state index contributed by atoms with van der Waals surface area (Å²) >= 11 is 0. The second-order valence-corrected chi connectivity index (χ2v) is 18.9. The van der Waals surface area contributed by atoms with Crippen LogP contribution in [-0.4, -0.2) is 93.4 Å². The Morgan fingerprint density at radius 2 is 0.464 bits per heavy atom. The fourth-order valence-electron chi connectivity index (χ4n) is 8.77. The largest absolute Gasteiger partial charge is 0.465 e. The minimum atomic E-state index is -0.599. The molecule has 2 aromatic carbocycles. The third-order valence-corrected chi connectivity index (χ3v) is 13.3. The van der Waals surface area contributed by atoms with Crippen molar-refractivity contribution in [3.8, 4) is 0 Å². The molecule has 0 amide bonds. The van der Waals surface area contributed by atoms with Crippen molar-refractivity contribution in [2.24, 2.45) is 42.3 Å². The number of benzene rings is 2. The third-order valence-electron chi connectivity index (χ3n) is 13.3. The molecule has 22 heteroatoms. The van der Waals surface area contributed by atoms with Crippen LogP contribution in [0.1, 0.15) is 20.7 Å². The highest BCUT2D eigenvalue weighted by atomic mass is 16.5. The molecule has 84 heavy (non-hydrogen) atoms. The number of hydrogen-bond acceptors (Lipinski definition) is 16. The molecule has 0 aliphatic carbocycles. The normalized spacial score (nSPS) is 11.0. The molecular weight excluding hydrogens is 1070 g/mol. The zero-order chi connectivity index (χ0) is 58.4. The predicted molar refractivity (Wildman–Crippen MR) is 319 cm³/mol. The SMILES string of the molecule is COC(=O)c1cc2cc(c1)oc1cccc(n1)n(C)c1cccc(n1)n(C)c1cccc(n1)n(C)c1cccc(n1)oc1cc(C(=O)OC)cc(c1)oc1cccc(n1)n(C)c1cccc(n1)n(C)c1cccc(n1)n(C)c1cccc(n1)o2. The number of methoxy groups -OCH3 is 2. The lowest BCUT2D eigenvalue weighted by Crippen LogP contribution is -2.01. The van der Waals surface area contributed by atoms with E-state index >= 15 is 0 Å². The smallest absolute Gasteiger partial charge is 0.338 e. The van der Waals surface area contributed by atoms with Crippen molar-refractivity contribution < 1.29 is 36.7 Å². The topological polar surface area (TPSA) is 238 Å². The van der Waals surface area contributed by atoms with Gasteiger partial charge < -0.3 is 54.5 Å². The van der Waals surface area contributed by atoms with Crippen LogP contribution in [0.25, 0.3) is 113 Å². The molecule has 0 radical (unpaired) electrons. The van der Waals surface area contributed by atoms with Crippen molar-refractivity contribution in [1.29, 1.82) is 0 Å². The Morgan fingerprint density at radius 3 is 0.655 bits per heavy atom. The number of rotatable bonds is 2. The van der Waals surface area contributed by atoms with E-state index in [0.717, 1.165) is 0 Å². The number of fused-ring (bicyclic) bond motifs is 20. The zero-order valence-electron chi connectivity index (χ0n) is 46.8. The molecule has 0 saturated heterocycles. The van der Waals surface area contributed by atoms with Crippen LogP contribution >= 0.6 is 0 Å². The van der Waals surface area contributed by atoms with Crippen LogP contribution in [0.5, 0.6) is 0 Å². The lowest BCUT2D eigenvalue weighted by atomic mass is 10.2. The summed E-state index contributed by atoms with van der Waals surface area (Å²) in [6.07, 6.45) is 0. The fraction of sp³-hybridized carbons (Fsp3) is 0.129. The second-order valence-electron chi connectivity index (χ2n) is 18.9. The third kappa shape index (κ3) is 12.0. The highest BCUT2D eigenvalue weighted by Crippen LogP contribution is 2.20. The van der Waals surface area contributed by atoms with Crippen LogP contribution in [0.4, 0.5) is 0 Å². The minimum Gasteiger partial charge on any atom is -0.465 e. The van der Waals surface area contributed by atoms with E-state index in [9.17, 15) is 9.59 Å². The van der Waals surface area contributed by atoms with E-state index in [1.165, 1.54) is 14.2 Å². The van der Waals surface area contributed by atoms with Crippen molar-refractivity contribution in [2.45, 2.75) is 0 Å². The number of nitrogens with zero attached hydrogens (tertiary/aromatic N) is 14. The van der Waals surface area contributed by atoms with Gasteiger partial charge in [0.1, 0.15) is 90.1 Å². The average Bonchev–Trinajstić information content (AvgIpc) is 3.52. The Labute approximate surface area is 476 Å². The molecule has 0 aliphatic rings. The van der Waals surface area contributed by atoms with Crippen molar-refractivity contribution in [2.75, 3.05) is 14.2 Å². The van der Waals surface area contributed by atoms with Gasteiger partial charge in [-0.2, -0.15) is 19.9 Å². The molecule has 0 saturated carbocycles. The molecule has 9 heterocycles. The van der Waals surface area contributed by atoms with E-state index in [2.05, 4.69) is 0 Å². The molecule has 22 nitrogen and oxygen atoms in total. The molecular formula is C62H54N14O8. The number of pyridine rings is 8. The quantitative estimate of drug-likeness (QED) is 0.146. The van der Waals surface area contributed by atoms with Crippen LogP contribution in [0.15, 0.2) is 200 Å². The van der Waals surface area contributed by atoms with Gasteiger partial charge in [-0.15, -0.1) is 0 Å². The Bertz CT molecular complexity index is 4460. The number of carbonyl (C=O) groups excluding carboxylic acids is 2. The van der Waals surface area contributed by atoms with E-state index in [0.29, 0.717) is 67.8 Å². The molecule has 20 bridgehead atoms. The molecule has 11 rings (SSSR count). The standard InChI is InChI=1S/C62H54N14O8/c1-71-45-17-9-21-49(63-45)73(3)53-25-13-29-57(67-53)81-41-33-39(61(77)79-7)35-43(37-41)83-59-31-15-27-55(69-59)75(5)51-23-11-19-47(65-51)72(2)48-20-12-24-52(66-48)76(6)56-28-16-32-60(70-56)84-44-36-40(62(78)80-8)34-42(38-44)82-58-30-14-26-54(68-58)74(4)50-22-10-18-46(71)64-50/h9-38H,1-8H3. The number of aryl methyl sites for hydroxylation is 6. The molecule has 0 fully saturated rings. The lowest BCUT2D eigenvalue weighted by Gasteiger charge is -2.06. The average molecular weight is 1120 g/mol. The molecule has 0 N–H and O–H groups in total. The van der Waals surface area contributed by atoms with Gasteiger partial charge in [-0.05, 0) is 97.1 Å². The second kappa shape index (κ2) is 23.7. The molecule has 0 aliphatic heterocycles. The number of carbonyl (C=O) groups is 2. The Balaban J connectivity index is 1.16. The van der Waals surface area contributed by atoms with Crippen LogP contribution < -0.4 is 0 Å². The number of ether oxygens (including phenoxy) is 2. The summed E-state index contributed by atoms with van der Waals surface area (Å²) in [4.78, 5) is 65.3. The van der Waals surface area contributed by atoms with Crippen LogP contribution in [0, 0.1) is 0 Å². The van der Waals surface area contributed by atoms with Crippen LogP contribution in [-0.2, 0) is 51.8 Å². The van der Waals surface area contributed by atoms with Gasteiger partial charge in [0.2, 0.25) is 22.9 Å². The molecule has 9 aromatic heterocycles. The van der Waals surface area contributed by atoms with Gasteiger partial charge in [-0.1, -0.05) is 48.5 Å². The van der Waals surface area contributed by atoms with E-state index in [4.69, 9.17) is 67.0 Å². The first kappa shape index (κ1) is 54.5. The summed E-state index contributed by atoms with van der Waals surface area (Å²) < 4.78 is 46.6. The number of esters is 2. The minimum absolute atomic E-state index is 0.181. The summed E-state index contributed by atoms with van der Waals surface area (Å²) in [7, 11) is 13.7. The number of aromatic nitrogens is 14. The van der Waals surface area contributed by atoms with Crippen molar-refractivity contribution in [1.82, 2.24) is 67.3 Å². The summed E-state index contributed by atoms with van der Waals surface area (Å²) in [5.41, 5.74) is 9.18. The van der Waals surface area contributed by atoms with Crippen molar-refractivity contribution in [3.63, 3.8) is 0 Å². The zero-order valence-corrected chi connectivity index (χ0v) is 46.8. The predicted octanol–water partition coefficient (Wildman–Crippen LogP) is 11.9. The van der Waals surface area contributed by atoms with Crippen LogP contribution in [0.3, 0.4) is 0 Å². The summed E-state index contributed by atoms with van der Waals surface area (Å²) in [6, 6.07) is 53.4. The maximum Gasteiger partial charge on any atom is 0.338 e. The Morgan fingerprint density at radius 1 is 0.286 bits per heavy atom.